The second kappa shape index (κ2) is 8.92. The van der Waals surface area contributed by atoms with Crippen LogP contribution in [0.25, 0.3) is 0 Å². The van der Waals surface area contributed by atoms with Crippen LogP contribution in [0.3, 0.4) is 0 Å². The summed E-state index contributed by atoms with van der Waals surface area (Å²) in [5.41, 5.74) is 0. The average molecular weight is 255 g/mol. The molecule has 0 spiro atoms. The van der Waals surface area contributed by atoms with Crippen LogP contribution < -0.4 is 5.32 Å². The minimum atomic E-state index is 0.419. The molecule has 0 amide bonds. The molecule has 1 aliphatic rings. The smallest absolute Gasteiger partial charge is 0.0752 e. The Kier molecular flexibility index (Phi) is 7.92. The first-order valence-corrected chi connectivity index (χ1v) is 7.89. The van der Waals surface area contributed by atoms with Crippen LogP contribution in [0.1, 0.15) is 65.2 Å². The predicted molar refractivity (Wildman–Crippen MR) is 78.9 cm³/mol. The molecule has 1 fully saturated rings. The van der Waals surface area contributed by atoms with Crippen LogP contribution in [0.4, 0.5) is 0 Å². The summed E-state index contributed by atoms with van der Waals surface area (Å²) in [5.74, 6) is 1.60. The van der Waals surface area contributed by atoms with Crippen molar-refractivity contribution in [3.05, 3.63) is 0 Å². The Bertz CT molecular complexity index is 199. The van der Waals surface area contributed by atoms with E-state index in [-0.39, 0.29) is 0 Å². The molecule has 2 nitrogen and oxygen atoms in total. The molecule has 0 radical (unpaired) electrons. The molecule has 1 rings (SSSR count). The second-order valence-corrected chi connectivity index (χ2v) is 6.32. The number of methoxy groups -OCH3 is 1. The van der Waals surface area contributed by atoms with Gasteiger partial charge in [-0.05, 0) is 38.1 Å². The van der Waals surface area contributed by atoms with Crippen LogP contribution in [0.15, 0.2) is 0 Å². The monoisotopic (exact) mass is 255 g/mol. The minimum Gasteiger partial charge on any atom is -0.380 e. The molecular formula is C16H33NO. The predicted octanol–water partition coefficient (Wildman–Crippen LogP) is 4.00. The Balaban J connectivity index is 2.42. The molecule has 108 valence electrons. The van der Waals surface area contributed by atoms with E-state index in [1.165, 1.54) is 51.4 Å². The molecular weight excluding hydrogens is 222 g/mol. The Morgan fingerprint density at radius 3 is 2.28 bits per heavy atom. The van der Waals surface area contributed by atoms with Crippen LogP contribution in [0.5, 0.6) is 0 Å². The number of hydrogen-bond acceptors (Lipinski definition) is 2. The highest BCUT2D eigenvalue weighted by molar-refractivity contribution is 4.84. The summed E-state index contributed by atoms with van der Waals surface area (Å²) in [6.45, 7) is 4.62. The molecule has 0 bridgehead atoms. The molecule has 0 saturated heterocycles. The average Bonchev–Trinajstić information content (AvgIpc) is 2.38. The standard InChI is InChI=1S/C16H33NO/c1-13(2)9-8-12-15(17-3)16(18-4)14-10-6-5-7-11-14/h13-17H,5-12H2,1-4H3. The van der Waals surface area contributed by atoms with Crippen molar-refractivity contribution in [2.75, 3.05) is 14.2 Å². The largest absolute Gasteiger partial charge is 0.380 e. The summed E-state index contributed by atoms with van der Waals surface area (Å²) in [7, 11) is 3.99. The Hall–Kier alpha value is -0.0800. The van der Waals surface area contributed by atoms with Crippen LogP contribution in [0, 0.1) is 11.8 Å². The SMILES string of the molecule is CNC(CCCC(C)C)C(OC)C1CCCCC1. The molecule has 2 atom stereocenters. The van der Waals surface area contributed by atoms with Crippen molar-refractivity contribution in [3.8, 4) is 0 Å². The Morgan fingerprint density at radius 2 is 1.78 bits per heavy atom. The summed E-state index contributed by atoms with van der Waals surface area (Å²) in [4.78, 5) is 0. The zero-order valence-electron chi connectivity index (χ0n) is 12.9. The van der Waals surface area contributed by atoms with Gasteiger partial charge < -0.3 is 10.1 Å². The van der Waals surface area contributed by atoms with Gasteiger partial charge in [-0.2, -0.15) is 0 Å². The van der Waals surface area contributed by atoms with Crippen molar-refractivity contribution in [2.24, 2.45) is 11.8 Å². The van der Waals surface area contributed by atoms with Gasteiger partial charge in [-0.1, -0.05) is 46.0 Å². The van der Waals surface area contributed by atoms with Crippen LogP contribution in [0.2, 0.25) is 0 Å². The van der Waals surface area contributed by atoms with E-state index in [0.29, 0.717) is 12.1 Å². The van der Waals surface area contributed by atoms with Crippen molar-refractivity contribution < 1.29 is 4.74 Å². The van der Waals surface area contributed by atoms with Gasteiger partial charge in [0.2, 0.25) is 0 Å². The Morgan fingerprint density at radius 1 is 1.11 bits per heavy atom. The molecule has 1 aliphatic carbocycles. The first-order valence-electron chi connectivity index (χ1n) is 7.89. The molecule has 1 N–H and O–H groups in total. The van der Waals surface area contributed by atoms with E-state index >= 15 is 0 Å². The number of likely N-dealkylation sites (N-methyl/N-ethyl adjacent to an activating group) is 1. The van der Waals surface area contributed by atoms with Gasteiger partial charge in [-0.15, -0.1) is 0 Å². The minimum absolute atomic E-state index is 0.419. The van der Waals surface area contributed by atoms with Crippen LogP contribution in [-0.4, -0.2) is 26.3 Å². The first-order chi connectivity index (χ1) is 8.69. The van der Waals surface area contributed by atoms with E-state index < -0.39 is 0 Å². The topological polar surface area (TPSA) is 21.3 Å². The maximum Gasteiger partial charge on any atom is 0.0752 e. The van der Waals surface area contributed by atoms with Gasteiger partial charge >= 0.3 is 0 Å². The van der Waals surface area contributed by atoms with Crippen molar-refractivity contribution >= 4 is 0 Å². The number of nitrogens with one attached hydrogen (secondary N) is 1. The van der Waals surface area contributed by atoms with E-state index in [1.54, 1.807) is 0 Å². The fourth-order valence-corrected chi connectivity index (χ4v) is 3.37. The molecule has 0 aromatic rings. The van der Waals surface area contributed by atoms with Gasteiger partial charge in [-0.25, -0.2) is 0 Å². The maximum atomic E-state index is 5.84. The molecule has 0 aliphatic heterocycles. The number of ether oxygens (including phenoxy) is 1. The third kappa shape index (κ3) is 5.27. The highest BCUT2D eigenvalue weighted by atomic mass is 16.5. The lowest BCUT2D eigenvalue weighted by Gasteiger charge is -2.35. The highest BCUT2D eigenvalue weighted by Crippen LogP contribution is 2.30. The van der Waals surface area contributed by atoms with Crippen LogP contribution in [-0.2, 0) is 4.74 Å². The third-order valence-corrected chi connectivity index (χ3v) is 4.45. The summed E-state index contributed by atoms with van der Waals surface area (Å²) in [5, 5.41) is 3.50. The van der Waals surface area contributed by atoms with Crippen molar-refractivity contribution in [1.29, 1.82) is 0 Å². The second-order valence-electron chi connectivity index (χ2n) is 6.32. The normalized spacial score (nSPS) is 21.2. The van der Waals surface area contributed by atoms with E-state index in [0.717, 1.165) is 11.8 Å². The lowest BCUT2D eigenvalue weighted by Crippen LogP contribution is -2.44. The molecule has 0 aromatic carbocycles. The molecule has 2 heteroatoms. The first kappa shape index (κ1) is 16.0. The summed E-state index contributed by atoms with van der Waals surface area (Å²) >= 11 is 0. The van der Waals surface area contributed by atoms with E-state index in [4.69, 9.17) is 4.74 Å². The van der Waals surface area contributed by atoms with Crippen molar-refractivity contribution in [3.63, 3.8) is 0 Å². The fourth-order valence-electron chi connectivity index (χ4n) is 3.37. The van der Waals surface area contributed by atoms with E-state index in [2.05, 4.69) is 26.2 Å². The van der Waals surface area contributed by atoms with Crippen molar-refractivity contribution in [2.45, 2.75) is 77.4 Å². The molecule has 2 unspecified atom stereocenters. The van der Waals surface area contributed by atoms with Crippen LogP contribution >= 0.6 is 0 Å². The van der Waals surface area contributed by atoms with E-state index in [1.807, 2.05) is 7.11 Å². The summed E-state index contributed by atoms with van der Waals surface area (Å²) in [6, 6.07) is 0.539. The van der Waals surface area contributed by atoms with Gasteiger partial charge in [0.15, 0.2) is 0 Å². The third-order valence-electron chi connectivity index (χ3n) is 4.45. The Labute approximate surface area is 114 Å². The van der Waals surface area contributed by atoms with Gasteiger partial charge in [0.05, 0.1) is 6.10 Å². The summed E-state index contributed by atoms with van der Waals surface area (Å²) in [6.07, 6.45) is 11.3. The molecule has 1 saturated carbocycles. The maximum absolute atomic E-state index is 5.84. The quantitative estimate of drug-likeness (QED) is 0.708. The molecule has 18 heavy (non-hydrogen) atoms. The zero-order valence-corrected chi connectivity index (χ0v) is 12.9. The lowest BCUT2D eigenvalue weighted by molar-refractivity contribution is 0.00724. The lowest BCUT2D eigenvalue weighted by atomic mass is 9.81. The number of rotatable bonds is 8. The fraction of sp³-hybridized carbons (Fsp3) is 1.00. The van der Waals surface area contributed by atoms with Gasteiger partial charge in [0.25, 0.3) is 0 Å². The van der Waals surface area contributed by atoms with Gasteiger partial charge in [0.1, 0.15) is 0 Å². The molecule has 0 aromatic heterocycles. The van der Waals surface area contributed by atoms with E-state index in [9.17, 15) is 0 Å². The van der Waals surface area contributed by atoms with Gasteiger partial charge in [0, 0.05) is 13.2 Å². The zero-order chi connectivity index (χ0) is 13.4. The number of hydrogen-bond donors (Lipinski definition) is 1. The van der Waals surface area contributed by atoms with Crippen molar-refractivity contribution in [1.82, 2.24) is 5.32 Å². The summed E-state index contributed by atoms with van der Waals surface area (Å²) < 4.78 is 5.84. The van der Waals surface area contributed by atoms with Gasteiger partial charge in [-0.3, -0.25) is 0 Å². The highest BCUT2D eigenvalue weighted by Gasteiger charge is 2.29. The molecule has 0 heterocycles.